The number of aromatic nitrogens is 1. The number of hydrogen-bond donors (Lipinski definition) is 0. The lowest BCUT2D eigenvalue weighted by atomic mass is 10.1. The number of carbonyl (C=O) groups excluding carboxylic acids is 1. The average molecular weight is 421 g/mol. The molecule has 0 aliphatic rings. The number of fused-ring (bicyclic) bond motifs is 3. The molecule has 0 aliphatic carbocycles. The summed E-state index contributed by atoms with van der Waals surface area (Å²) in [6, 6.07) is 14.6. The smallest absolute Gasteiger partial charge is 0.341 e. The first-order chi connectivity index (χ1) is 14.0. The Labute approximate surface area is 177 Å². The number of rotatable bonds is 5. The van der Waals surface area contributed by atoms with Crippen molar-refractivity contribution >= 4 is 45.5 Å². The van der Waals surface area contributed by atoms with Gasteiger partial charge in [-0.05, 0) is 37.5 Å². The van der Waals surface area contributed by atoms with Crippen LogP contribution < -0.4 is 0 Å². The zero-order valence-electron chi connectivity index (χ0n) is 16.5. The third-order valence-corrected chi connectivity index (χ3v) is 7.18. The fraction of sp³-hybridized carbons (Fsp3) is 0.217. The number of nitrogens with zero attached hydrogens (tertiary/aromatic N) is 2. The molecule has 0 aliphatic heterocycles. The van der Waals surface area contributed by atoms with Gasteiger partial charge in [-0.3, -0.25) is 0 Å². The van der Waals surface area contributed by atoms with Crippen molar-refractivity contribution in [1.29, 1.82) is 5.26 Å². The zero-order valence-corrected chi connectivity index (χ0v) is 18.1. The normalized spacial score (nSPS) is 11.1. The predicted octanol–water partition coefficient (Wildman–Crippen LogP) is 6.11. The van der Waals surface area contributed by atoms with Crippen LogP contribution in [0, 0.1) is 25.2 Å². The molecule has 0 fully saturated rings. The summed E-state index contributed by atoms with van der Waals surface area (Å²) >= 11 is 3.15. The highest BCUT2D eigenvalue weighted by molar-refractivity contribution is 8.00. The molecule has 0 saturated carbocycles. The van der Waals surface area contributed by atoms with Gasteiger partial charge in [-0.1, -0.05) is 36.4 Å². The van der Waals surface area contributed by atoms with Gasteiger partial charge in [-0.15, -0.1) is 23.1 Å². The van der Waals surface area contributed by atoms with E-state index in [2.05, 4.69) is 28.7 Å². The van der Waals surface area contributed by atoms with Crippen molar-refractivity contribution < 1.29 is 9.53 Å². The minimum atomic E-state index is -0.374. The summed E-state index contributed by atoms with van der Waals surface area (Å²) in [4.78, 5) is 13.4. The molecular formula is C23H20N2O2S2. The zero-order chi connectivity index (χ0) is 20.5. The maximum absolute atomic E-state index is 12.9. The Morgan fingerprint density at radius 3 is 2.69 bits per heavy atom. The lowest BCUT2D eigenvalue weighted by Gasteiger charge is -2.07. The Morgan fingerprint density at radius 1 is 1.24 bits per heavy atom. The quantitative estimate of drug-likeness (QED) is 0.289. The predicted molar refractivity (Wildman–Crippen MR) is 119 cm³/mol. The highest BCUT2D eigenvalue weighted by atomic mass is 32.2. The molecule has 6 heteroatoms. The number of thiophene rings is 1. The minimum absolute atomic E-state index is 0.296. The first-order valence-corrected chi connectivity index (χ1v) is 11.2. The average Bonchev–Trinajstić information content (AvgIpc) is 3.23. The molecule has 0 bridgehead atoms. The highest BCUT2D eigenvalue weighted by Gasteiger charge is 2.27. The Hall–Kier alpha value is -2.75. The summed E-state index contributed by atoms with van der Waals surface area (Å²) in [7, 11) is 0. The van der Waals surface area contributed by atoms with Crippen LogP contribution in [-0.2, 0) is 10.5 Å². The molecule has 4 rings (SSSR count). The lowest BCUT2D eigenvalue weighted by molar-refractivity contribution is 0.0531. The van der Waals surface area contributed by atoms with Gasteiger partial charge >= 0.3 is 5.97 Å². The molecule has 0 atom stereocenters. The number of thioether (sulfide) groups is 1. The number of nitriles is 1. The molecule has 0 amide bonds. The summed E-state index contributed by atoms with van der Waals surface area (Å²) in [6.45, 7) is 6.13. The Morgan fingerprint density at radius 2 is 2.00 bits per heavy atom. The van der Waals surface area contributed by atoms with Crippen LogP contribution in [0.4, 0.5) is 0 Å². The van der Waals surface area contributed by atoms with E-state index in [1.807, 2.05) is 38.2 Å². The van der Waals surface area contributed by atoms with E-state index >= 15 is 0 Å². The Kier molecular flexibility index (Phi) is 5.35. The van der Waals surface area contributed by atoms with Crippen molar-refractivity contribution in [3.8, 4) is 6.07 Å². The molecule has 0 N–H and O–H groups in total. The van der Waals surface area contributed by atoms with Gasteiger partial charge in [0.25, 0.3) is 0 Å². The van der Waals surface area contributed by atoms with E-state index in [9.17, 15) is 10.1 Å². The maximum Gasteiger partial charge on any atom is 0.341 e. The molecule has 3 heterocycles. The van der Waals surface area contributed by atoms with Crippen molar-refractivity contribution in [2.24, 2.45) is 0 Å². The summed E-state index contributed by atoms with van der Waals surface area (Å²) in [6.07, 6.45) is 2.04. The minimum Gasteiger partial charge on any atom is -0.462 e. The topological polar surface area (TPSA) is 54.5 Å². The van der Waals surface area contributed by atoms with Crippen LogP contribution in [0.15, 0.2) is 46.8 Å². The number of esters is 1. The van der Waals surface area contributed by atoms with Gasteiger partial charge in [0.15, 0.2) is 0 Å². The number of benzene rings is 1. The van der Waals surface area contributed by atoms with Gasteiger partial charge in [0, 0.05) is 17.3 Å². The molecule has 3 aromatic heterocycles. The van der Waals surface area contributed by atoms with Crippen LogP contribution in [-0.4, -0.2) is 17.0 Å². The Bertz CT molecular complexity index is 1260. The number of carbonyl (C=O) groups is 1. The molecule has 1 aromatic carbocycles. The van der Waals surface area contributed by atoms with E-state index in [-0.39, 0.29) is 5.97 Å². The number of ether oxygens (including phenoxy) is 1. The van der Waals surface area contributed by atoms with E-state index in [0.717, 1.165) is 32.1 Å². The third kappa shape index (κ3) is 3.41. The van der Waals surface area contributed by atoms with Crippen LogP contribution in [0.25, 0.3) is 16.4 Å². The molecule has 146 valence electrons. The summed E-state index contributed by atoms with van der Waals surface area (Å²) in [5.41, 5.74) is 5.57. The third-order valence-electron chi connectivity index (χ3n) is 4.76. The molecule has 0 spiro atoms. The highest BCUT2D eigenvalue weighted by Crippen LogP contribution is 2.44. The molecule has 29 heavy (non-hydrogen) atoms. The van der Waals surface area contributed by atoms with Gasteiger partial charge in [0.1, 0.15) is 10.9 Å². The van der Waals surface area contributed by atoms with E-state index < -0.39 is 0 Å². The first-order valence-electron chi connectivity index (χ1n) is 9.36. The van der Waals surface area contributed by atoms with Crippen LogP contribution >= 0.6 is 23.1 Å². The van der Waals surface area contributed by atoms with Crippen molar-refractivity contribution in [3.63, 3.8) is 0 Å². The van der Waals surface area contributed by atoms with Gasteiger partial charge < -0.3 is 9.14 Å². The van der Waals surface area contributed by atoms with E-state index in [1.165, 1.54) is 16.9 Å². The van der Waals surface area contributed by atoms with Gasteiger partial charge in [-0.2, -0.15) is 5.26 Å². The number of hydrogen-bond acceptors (Lipinski definition) is 5. The standard InChI is InChI=1S/C23H20N2O2S2/c1-4-27-22(26)19-18-17(11-24)29-23(28-13-16-8-6-5-7-9-16)21(18)25-12-14(2)10-15(3)20(19)25/h5-10,12H,4,13H2,1-3H3. The SMILES string of the molecule is CCOC(=O)c1c2c(C#N)sc(SCc3ccccc3)c2n2cc(C)cc(C)c12. The number of aryl methyl sites for hydroxylation is 2. The largest absolute Gasteiger partial charge is 0.462 e. The molecule has 0 unspecified atom stereocenters. The van der Waals surface area contributed by atoms with Crippen molar-refractivity contribution in [3.05, 3.63) is 69.7 Å². The van der Waals surface area contributed by atoms with Crippen LogP contribution in [0.3, 0.4) is 0 Å². The molecule has 4 aromatic rings. The van der Waals surface area contributed by atoms with Gasteiger partial charge in [0.05, 0.1) is 27.4 Å². The molecule has 0 saturated heterocycles. The molecular weight excluding hydrogens is 400 g/mol. The van der Waals surface area contributed by atoms with Crippen LogP contribution in [0.5, 0.6) is 0 Å². The molecule has 0 radical (unpaired) electrons. The van der Waals surface area contributed by atoms with E-state index in [1.54, 1.807) is 18.7 Å². The fourth-order valence-electron chi connectivity index (χ4n) is 3.67. The second-order valence-corrected chi connectivity index (χ2v) is 9.11. The second-order valence-electron chi connectivity index (χ2n) is 6.84. The van der Waals surface area contributed by atoms with E-state index in [4.69, 9.17) is 4.74 Å². The number of pyridine rings is 1. The summed E-state index contributed by atoms with van der Waals surface area (Å²) in [5, 5.41) is 10.5. The summed E-state index contributed by atoms with van der Waals surface area (Å²) in [5.74, 6) is 0.425. The van der Waals surface area contributed by atoms with Crippen LogP contribution in [0.1, 0.15) is 38.8 Å². The van der Waals surface area contributed by atoms with Crippen molar-refractivity contribution in [2.45, 2.75) is 30.7 Å². The van der Waals surface area contributed by atoms with Crippen molar-refractivity contribution in [2.75, 3.05) is 6.61 Å². The first kappa shape index (κ1) is 19.6. The monoisotopic (exact) mass is 420 g/mol. The van der Waals surface area contributed by atoms with Gasteiger partial charge in [0.2, 0.25) is 0 Å². The van der Waals surface area contributed by atoms with E-state index in [0.29, 0.717) is 22.4 Å². The van der Waals surface area contributed by atoms with Crippen LogP contribution in [0.2, 0.25) is 0 Å². The van der Waals surface area contributed by atoms with Gasteiger partial charge in [-0.25, -0.2) is 4.79 Å². The maximum atomic E-state index is 12.9. The van der Waals surface area contributed by atoms with Crippen molar-refractivity contribution in [1.82, 2.24) is 4.40 Å². The Balaban J connectivity index is 1.98. The molecule has 4 nitrogen and oxygen atoms in total. The fourth-order valence-corrected chi connectivity index (χ4v) is 5.99. The lowest BCUT2D eigenvalue weighted by Crippen LogP contribution is -2.05. The second kappa shape index (κ2) is 7.94. The summed E-state index contributed by atoms with van der Waals surface area (Å²) < 4.78 is 8.47.